The Morgan fingerprint density at radius 2 is 1.86 bits per heavy atom. The zero-order chi connectivity index (χ0) is 16.5. The summed E-state index contributed by atoms with van der Waals surface area (Å²) in [6.45, 7) is 6.44. The number of nitrogens with one attached hydrogen (secondary N) is 1. The molecule has 0 heterocycles. The van der Waals surface area contributed by atoms with Gasteiger partial charge >= 0.3 is 5.97 Å². The molecule has 2 unspecified atom stereocenters. The molecule has 5 nitrogen and oxygen atoms in total. The molecule has 0 saturated carbocycles. The van der Waals surface area contributed by atoms with Crippen LogP contribution in [0.15, 0.2) is 24.3 Å². The van der Waals surface area contributed by atoms with E-state index in [2.05, 4.69) is 19.2 Å². The number of ether oxygens (including phenoxy) is 1. The number of amides is 1. The van der Waals surface area contributed by atoms with Crippen LogP contribution in [0.5, 0.6) is 5.75 Å². The lowest BCUT2D eigenvalue weighted by Gasteiger charge is -2.17. The van der Waals surface area contributed by atoms with E-state index in [0.717, 1.165) is 12.1 Å². The summed E-state index contributed by atoms with van der Waals surface area (Å²) >= 11 is 0. The molecule has 0 aliphatic rings. The van der Waals surface area contributed by atoms with Gasteiger partial charge in [0.25, 0.3) is 0 Å². The predicted octanol–water partition coefficient (Wildman–Crippen LogP) is 3.55. The summed E-state index contributed by atoms with van der Waals surface area (Å²) in [7, 11) is 0. The van der Waals surface area contributed by atoms with Gasteiger partial charge < -0.3 is 15.2 Å². The Balaban J connectivity index is 2.44. The third kappa shape index (κ3) is 6.16. The number of carboxylic acid groups (broad SMARTS) is 1. The number of hydrogen-bond acceptors (Lipinski definition) is 3. The number of aliphatic carboxylic acids is 1. The van der Waals surface area contributed by atoms with Crippen LogP contribution in [0.1, 0.15) is 40.0 Å². The van der Waals surface area contributed by atoms with Crippen LogP contribution in [0.3, 0.4) is 0 Å². The minimum Gasteiger partial charge on any atom is -0.494 e. The SMILES string of the molecule is CCC(C)C(C)C(=O)Nc1ccc(OCCCC(=O)O)cc1. The van der Waals surface area contributed by atoms with Crippen LogP contribution < -0.4 is 10.1 Å². The summed E-state index contributed by atoms with van der Waals surface area (Å²) in [5.41, 5.74) is 0.734. The highest BCUT2D eigenvalue weighted by molar-refractivity contribution is 5.92. The van der Waals surface area contributed by atoms with Crippen LogP contribution in [0.4, 0.5) is 5.69 Å². The molecule has 0 bridgehead atoms. The monoisotopic (exact) mass is 307 g/mol. The molecule has 1 aromatic rings. The lowest BCUT2D eigenvalue weighted by Crippen LogP contribution is -2.25. The minimum absolute atomic E-state index is 0.0180. The number of benzene rings is 1. The number of hydrogen-bond donors (Lipinski definition) is 2. The largest absolute Gasteiger partial charge is 0.494 e. The van der Waals surface area contributed by atoms with E-state index in [0.29, 0.717) is 24.7 Å². The second-order valence-corrected chi connectivity index (χ2v) is 5.53. The lowest BCUT2D eigenvalue weighted by molar-refractivity contribution is -0.137. The highest BCUT2D eigenvalue weighted by Gasteiger charge is 2.18. The van der Waals surface area contributed by atoms with Gasteiger partial charge in [-0.2, -0.15) is 0 Å². The molecule has 0 saturated heterocycles. The average molecular weight is 307 g/mol. The molecule has 0 aliphatic carbocycles. The van der Waals surface area contributed by atoms with Crippen LogP contribution >= 0.6 is 0 Å². The topological polar surface area (TPSA) is 75.6 Å². The van der Waals surface area contributed by atoms with E-state index in [9.17, 15) is 9.59 Å². The van der Waals surface area contributed by atoms with E-state index in [1.54, 1.807) is 24.3 Å². The number of anilines is 1. The number of carbonyl (C=O) groups is 2. The molecule has 2 atom stereocenters. The van der Waals surface area contributed by atoms with Gasteiger partial charge in [0.15, 0.2) is 0 Å². The van der Waals surface area contributed by atoms with Gasteiger partial charge in [0.2, 0.25) is 5.91 Å². The van der Waals surface area contributed by atoms with Crippen LogP contribution in [-0.2, 0) is 9.59 Å². The van der Waals surface area contributed by atoms with Gasteiger partial charge in [-0.15, -0.1) is 0 Å². The maximum Gasteiger partial charge on any atom is 0.303 e. The molecule has 0 spiro atoms. The van der Waals surface area contributed by atoms with Crippen molar-refractivity contribution < 1.29 is 19.4 Å². The molecule has 0 fully saturated rings. The normalized spacial score (nSPS) is 13.2. The van der Waals surface area contributed by atoms with E-state index in [1.807, 2.05) is 6.92 Å². The van der Waals surface area contributed by atoms with Crippen LogP contribution in [-0.4, -0.2) is 23.6 Å². The Morgan fingerprint density at radius 3 is 2.41 bits per heavy atom. The van der Waals surface area contributed by atoms with Crippen LogP contribution in [0.2, 0.25) is 0 Å². The van der Waals surface area contributed by atoms with Crippen molar-refractivity contribution in [2.45, 2.75) is 40.0 Å². The molecule has 0 radical (unpaired) electrons. The lowest BCUT2D eigenvalue weighted by atomic mass is 9.93. The first-order valence-electron chi connectivity index (χ1n) is 7.69. The quantitative estimate of drug-likeness (QED) is 0.684. The first kappa shape index (κ1) is 18.0. The maximum atomic E-state index is 12.1. The Labute approximate surface area is 131 Å². The predicted molar refractivity (Wildman–Crippen MR) is 86.1 cm³/mol. The Bertz CT molecular complexity index is 484. The van der Waals surface area contributed by atoms with Gasteiger partial charge in [0.05, 0.1) is 6.61 Å². The molecule has 1 amide bonds. The van der Waals surface area contributed by atoms with Crippen molar-refractivity contribution in [3.8, 4) is 5.75 Å². The molecule has 0 aromatic heterocycles. The summed E-state index contributed by atoms with van der Waals surface area (Å²) < 4.78 is 5.44. The summed E-state index contributed by atoms with van der Waals surface area (Å²) in [6.07, 6.45) is 1.54. The van der Waals surface area contributed by atoms with Crippen molar-refractivity contribution in [1.29, 1.82) is 0 Å². The van der Waals surface area contributed by atoms with Crippen molar-refractivity contribution in [3.05, 3.63) is 24.3 Å². The van der Waals surface area contributed by atoms with E-state index < -0.39 is 5.97 Å². The smallest absolute Gasteiger partial charge is 0.303 e. The van der Waals surface area contributed by atoms with Gasteiger partial charge in [-0.3, -0.25) is 9.59 Å². The first-order chi connectivity index (χ1) is 10.4. The van der Waals surface area contributed by atoms with Crippen molar-refractivity contribution >= 4 is 17.6 Å². The van der Waals surface area contributed by atoms with Crippen molar-refractivity contribution in [2.75, 3.05) is 11.9 Å². The average Bonchev–Trinajstić information content (AvgIpc) is 2.51. The number of carboxylic acids is 1. The first-order valence-corrected chi connectivity index (χ1v) is 7.69. The third-order valence-electron chi connectivity index (χ3n) is 3.84. The number of carbonyl (C=O) groups excluding carboxylic acids is 1. The molecule has 22 heavy (non-hydrogen) atoms. The zero-order valence-corrected chi connectivity index (χ0v) is 13.5. The van der Waals surface area contributed by atoms with E-state index in [1.165, 1.54) is 0 Å². The van der Waals surface area contributed by atoms with Crippen molar-refractivity contribution in [1.82, 2.24) is 0 Å². The molecule has 2 N–H and O–H groups in total. The fraction of sp³-hybridized carbons (Fsp3) is 0.529. The maximum absolute atomic E-state index is 12.1. The van der Waals surface area contributed by atoms with Gasteiger partial charge in [0, 0.05) is 18.0 Å². The van der Waals surface area contributed by atoms with E-state index >= 15 is 0 Å². The summed E-state index contributed by atoms with van der Waals surface area (Å²) in [5, 5.41) is 11.4. The minimum atomic E-state index is -0.822. The van der Waals surface area contributed by atoms with Crippen LogP contribution in [0.25, 0.3) is 0 Å². The second kappa shape index (κ2) is 9.07. The standard InChI is InChI=1S/C17H25NO4/c1-4-12(2)13(3)17(21)18-14-7-9-15(10-8-14)22-11-5-6-16(19)20/h7-10,12-13H,4-6,11H2,1-3H3,(H,18,21)(H,19,20). The fourth-order valence-electron chi connectivity index (χ4n) is 1.92. The molecule has 0 aliphatic heterocycles. The van der Waals surface area contributed by atoms with Crippen LogP contribution in [0, 0.1) is 11.8 Å². The van der Waals surface area contributed by atoms with E-state index in [4.69, 9.17) is 9.84 Å². The van der Waals surface area contributed by atoms with E-state index in [-0.39, 0.29) is 18.2 Å². The molecule has 5 heteroatoms. The van der Waals surface area contributed by atoms with Gasteiger partial charge in [-0.1, -0.05) is 27.2 Å². The molecular weight excluding hydrogens is 282 g/mol. The number of rotatable bonds is 9. The summed E-state index contributed by atoms with van der Waals surface area (Å²) in [5.74, 6) is 0.175. The Morgan fingerprint density at radius 1 is 1.23 bits per heavy atom. The zero-order valence-electron chi connectivity index (χ0n) is 13.5. The fourth-order valence-corrected chi connectivity index (χ4v) is 1.92. The molecule has 1 aromatic carbocycles. The highest BCUT2D eigenvalue weighted by atomic mass is 16.5. The Hall–Kier alpha value is -2.04. The van der Waals surface area contributed by atoms with Gasteiger partial charge in [0.1, 0.15) is 5.75 Å². The Kier molecular flexibility index (Phi) is 7.43. The molecular formula is C17H25NO4. The highest BCUT2D eigenvalue weighted by Crippen LogP contribution is 2.19. The third-order valence-corrected chi connectivity index (χ3v) is 3.84. The van der Waals surface area contributed by atoms with Crippen molar-refractivity contribution in [2.24, 2.45) is 11.8 Å². The second-order valence-electron chi connectivity index (χ2n) is 5.53. The summed E-state index contributed by atoms with van der Waals surface area (Å²) in [4.78, 5) is 22.5. The van der Waals surface area contributed by atoms with Crippen molar-refractivity contribution in [3.63, 3.8) is 0 Å². The summed E-state index contributed by atoms with van der Waals surface area (Å²) in [6, 6.07) is 7.11. The van der Waals surface area contributed by atoms with Gasteiger partial charge in [-0.05, 0) is 36.6 Å². The molecule has 1 rings (SSSR count). The molecule has 122 valence electrons. The van der Waals surface area contributed by atoms with Gasteiger partial charge in [-0.25, -0.2) is 0 Å².